The van der Waals surface area contributed by atoms with Crippen molar-refractivity contribution in [1.29, 1.82) is 0 Å². The van der Waals surface area contributed by atoms with Crippen molar-refractivity contribution < 1.29 is 17.3 Å². The minimum atomic E-state index is 0. The first-order valence-electron chi connectivity index (χ1n) is 2.58. The third kappa shape index (κ3) is 9.37. The van der Waals surface area contributed by atoms with Crippen LogP contribution in [0, 0.1) is 0 Å². The van der Waals surface area contributed by atoms with Gasteiger partial charge in [-0.15, -0.1) is 0 Å². The minimum Gasteiger partial charge on any atom is -1.00 e. The van der Waals surface area contributed by atoms with E-state index in [1.54, 1.807) is 0 Å². The SMILES string of the molecule is CC(C)=C[NH+](C)C.[Cl-]. The summed E-state index contributed by atoms with van der Waals surface area (Å²) in [6.45, 7) is 4.21. The van der Waals surface area contributed by atoms with Gasteiger partial charge in [0.2, 0.25) is 0 Å². The molecule has 0 fully saturated rings. The summed E-state index contributed by atoms with van der Waals surface area (Å²) < 4.78 is 0. The van der Waals surface area contributed by atoms with Crippen LogP contribution < -0.4 is 17.3 Å². The molecule has 0 aromatic rings. The Morgan fingerprint density at radius 2 is 1.62 bits per heavy atom. The average Bonchev–Trinajstić information content (AvgIpc) is 1.27. The number of rotatable bonds is 1. The van der Waals surface area contributed by atoms with Crippen molar-refractivity contribution in [3.63, 3.8) is 0 Å². The number of halogens is 1. The molecule has 0 radical (unpaired) electrons. The Morgan fingerprint density at radius 1 is 1.25 bits per heavy atom. The molecule has 0 spiro atoms. The lowest BCUT2D eigenvalue weighted by Crippen LogP contribution is -3.00. The zero-order valence-corrected chi connectivity index (χ0v) is 6.71. The van der Waals surface area contributed by atoms with E-state index in [9.17, 15) is 0 Å². The third-order valence-corrected chi connectivity index (χ3v) is 0.577. The molecule has 0 atom stereocenters. The predicted octanol–water partition coefficient (Wildman–Crippen LogP) is -2.94. The third-order valence-electron chi connectivity index (χ3n) is 0.577. The predicted molar refractivity (Wildman–Crippen MR) is 32.2 cm³/mol. The monoisotopic (exact) mass is 135 g/mol. The fourth-order valence-electron chi connectivity index (χ4n) is 0.577. The normalized spacial score (nSPS) is 8.12. The molecule has 0 saturated carbocycles. The van der Waals surface area contributed by atoms with Crippen LogP contribution in [0.2, 0.25) is 0 Å². The maximum atomic E-state index is 2.17. The van der Waals surface area contributed by atoms with Gasteiger partial charge in [0.25, 0.3) is 0 Å². The van der Waals surface area contributed by atoms with E-state index < -0.39 is 0 Å². The zero-order chi connectivity index (χ0) is 5.86. The Bertz CT molecular complexity index is 72.6. The molecule has 0 aliphatic heterocycles. The molecule has 2 heteroatoms. The maximum absolute atomic E-state index is 2.17. The van der Waals surface area contributed by atoms with Crippen LogP contribution in [0.15, 0.2) is 11.8 Å². The molecular weight excluding hydrogens is 122 g/mol. The summed E-state index contributed by atoms with van der Waals surface area (Å²) in [5, 5.41) is 0. The highest BCUT2D eigenvalue weighted by Crippen LogP contribution is 1.78. The first-order chi connectivity index (χ1) is 3.13. The molecule has 50 valence electrons. The van der Waals surface area contributed by atoms with Crippen molar-refractivity contribution in [2.24, 2.45) is 0 Å². The first-order valence-corrected chi connectivity index (χ1v) is 2.58. The van der Waals surface area contributed by atoms with Crippen LogP contribution in [0.25, 0.3) is 0 Å². The number of hydrogen-bond acceptors (Lipinski definition) is 0. The molecule has 0 amide bonds. The number of allylic oxidation sites excluding steroid dienone is 1. The summed E-state index contributed by atoms with van der Waals surface area (Å²) in [6, 6.07) is 0. The Morgan fingerprint density at radius 3 is 1.62 bits per heavy atom. The summed E-state index contributed by atoms with van der Waals surface area (Å²) in [5.74, 6) is 0. The van der Waals surface area contributed by atoms with Gasteiger partial charge in [0.1, 0.15) is 0 Å². The second kappa shape index (κ2) is 5.13. The molecule has 1 nitrogen and oxygen atoms in total. The van der Waals surface area contributed by atoms with Gasteiger partial charge >= 0.3 is 0 Å². The van der Waals surface area contributed by atoms with Crippen molar-refractivity contribution >= 4 is 0 Å². The van der Waals surface area contributed by atoms with Crippen molar-refractivity contribution in [2.75, 3.05) is 14.1 Å². The number of nitrogens with one attached hydrogen (secondary N) is 1. The quantitative estimate of drug-likeness (QED) is 0.393. The number of hydrogen-bond donors (Lipinski definition) is 1. The summed E-state index contributed by atoms with van der Waals surface area (Å²) in [4.78, 5) is 1.38. The van der Waals surface area contributed by atoms with Crippen molar-refractivity contribution in [1.82, 2.24) is 0 Å². The van der Waals surface area contributed by atoms with E-state index in [0.29, 0.717) is 0 Å². The van der Waals surface area contributed by atoms with Crippen molar-refractivity contribution in [2.45, 2.75) is 13.8 Å². The molecule has 0 aliphatic carbocycles. The smallest absolute Gasteiger partial charge is 0.0923 e. The average molecular weight is 136 g/mol. The Balaban J connectivity index is 0. The topological polar surface area (TPSA) is 4.44 Å². The molecule has 1 N–H and O–H groups in total. The van der Waals surface area contributed by atoms with E-state index in [1.165, 1.54) is 10.5 Å². The van der Waals surface area contributed by atoms with Crippen LogP contribution in [-0.2, 0) is 0 Å². The van der Waals surface area contributed by atoms with Gasteiger partial charge in [-0.1, -0.05) is 0 Å². The lowest BCUT2D eigenvalue weighted by Gasteiger charge is -1.96. The summed E-state index contributed by atoms with van der Waals surface area (Å²) in [6.07, 6.45) is 2.17. The molecule has 0 aliphatic rings. The lowest BCUT2D eigenvalue weighted by molar-refractivity contribution is -0.801. The zero-order valence-electron chi connectivity index (χ0n) is 5.96. The minimum absolute atomic E-state index is 0. The standard InChI is InChI=1S/C6H13N.ClH/c1-6(2)5-7(3)4;/h5H,1-4H3;1H. The van der Waals surface area contributed by atoms with Crippen LogP contribution in [-0.4, -0.2) is 14.1 Å². The van der Waals surface area contributed by atoms with Crippen LogP contribution in [0.1, 0.15) is 13.8 Å². The van der Waals surface area contributed by atoms with Crippen LogP contribution in [0.4, 0.5) is 0 Å². The molecule has 0 aromatic carbocycles. The number of quaternary nitrogens is 1. The molecule has 0 saturated heterocycles. The summed E-state index contributed by atoms with van der Waals surface area (Å²) in [7, 11) is 4.21. The largest absolute Gasteiger partial charge is 1.00 e. The molecule has 0 aromatic heterocycles. The Kier molecular flexibility index (Phi) is 6.98. The van der Waals surface area contributed by atoms with E-state index in [0.717, 1.165) is 0 Å². The van der Waals surface area contributed by atoms with Crippen molar-refractivity contribution in [3.05, 3.63) is 11.8 Å². The highest BCUT2D eigenvalue weighted by atomic mass is 35.5. The second-order valence-electron chi connectivity index (χ2n) is 2.30. The highest BCUT2D eigenvalue weighted by Gasteiger charge is 1.81. The van der Waals surface area contributed by atoms with E-state index in [2.05, 4.69) is 34.1 Å². The lowest BCUT2D eigenvalue weighted by atomic mass is 10.4. The fourth-order valence-corrected chi connectivity index (χ4v) is 0.577. The van der Waals surface area contributed by atoms with Gasteiger partial charge in [-0.3, -0.25) is 0 Å². The Hall–Kier alpha value is -0.0100. The first kappa shape index (κ1) is 10.9. The van der Waals surface area contributed by atoms with Gasteiger partial charge in [-0.25, -0.2) is 0 Å². The fraction of sp³-hybridized carbons (Fsp3) is 0.667. The highest BCUT2D eigenvalue weighted by molar-refractivity contribution is 4.84. The molecular formula is C6H14ClN. The van der Waals surface area contributed by atoms with Gasteiger partial charge in [-0.2, -0.15) is 0 Å². The van der Waals surface area contributed by atoms with Gasteiger partial charge < -0.3 is 17.3 Å². The van der Waals surface area contributed by atoms with E-state index >= 15 is 0 Å². The molecule has 0 heterocycles. The van der Waals surface area contributed by atoms with Crippen LogP contribution in [0.5, 0.6) is 0 Å². The van der Waals surface area contributed by atoms with E-state index in [-0.39, 0.29) is 12.4 Å². The Labute approximate surface area is 57.8 Å². The second-order valence-corrected chi connectivity index (χ2v) is 2.30. The van der Waals surface area contributed by atoms with E-state index in [1.807, 2.05) is 0 Å². The van der Waals surface area contributed by atoms with Crippen LogP contribution in [0.3, 0.4) is 0 Å². The molecule has 0 rings (SSSR count). The van der Waals surface area contributed by atoms with E-state index in [4.69, 9.17) is 0 Å². The molecule has 8 heavy (non-hydrogen) atoms. The summed E-state index contributed by atoms with van der Waals surface area (Å²) >= 11 is 0. The van der Waals surface area contributed by atoms with Gasteiger partial charge in [0.05, 0.1) is 20.3 Å². The van der Waals surface area contributed by atoms with Gasteiger partial charge in [0.15, 0.2) is 0 Å². The molecule has 0 bridgehead atoms. The van der Waals surface area contributed by atoms with Gasteiger partial charge in [0, 0.05) is 0 Å². The maximum Gasteiger partial charge on any atom is 0.0923 e. The van der Waals surface area contributed by atoms with Crippen LogP contribution >= 0.6 is 0 Å². The summed E-state index contributed by atoms with van der Waals surface area (Å²) in [5.41, 5.74) is 1.38. The molecule has 0 unspecified atom stereocenters. The van der Waals surface area contributed by atoms with Gasteiger partial charge in [-0.05, 0) is 19.4 Å². The van der Waals surface area contributed by atoms with Crippen molar-refractivity contribution in [3.8, 4) is 0 Å².